The minimum absolute atomic E-state index is 0.705. The van der Waals surface area contributed by atoms with Crippen molar-refractivity contribution in [1.29, 1.82) is 0 Å². The van der Waals surface area contributed by atoms with Crippen LogP contribution in [0.1, 0.15) is 32.1 Å². The molecule has 1 N–H and O–H groups in total. The van der Waals surface area contributed by atoms with Crippen LogP contribution in [0.25, 0.3) is 0 Å². The van der Waals surface area contributed by atoms with Gasteiger partial charge in [-0.3, -0.25) is 4.79 Å². The maximum Gasteiger partial charge on any atom is 0.211 e. The number of rotatable bonds is 3. The summed E-state index contributed by atoms with van der Waals surface area (Å²) in [6.07, 6.45) is 11.2. The molecule has 1 saturated carbocycles. The molecule has 1 aliphatic rings. The first-order chi connectivity index (χ1) is 5.43. The van der Waals surface area contributed by atoms with Gasteiger partial charge in [-0.15, -0.1) is 0 Å². The first-order valence-corrected chi connectivity index (χ1v) is 4.30. The van der Waals surface area contributed by atoms with Crippen LogP contribution in [0.2, 0.25) is 0 Å². The predicted octanol–water partition coefficient (Wildman–Crippen LogP) is 1.83. The SMILES string of the molecule is O=CN/C=C/C1CCCCC1. The fourth-order valence-electron chi connectivity index (χ4n) is 1.56. The van der Waals surface area contributed by atoms with Crippen molar-refractivity contribution in [1.82, 2.24) is 5.32 Å². The first kappa shape index (κ1) is 8.31. The van der Waals surface area contributed by atoms with E-state index in [1.807, 2.05) is 0 Å². The molecular formula is C9H15NO. The fourth-order valence-corrected chi connectivity index (χ4v) is 1.56. The van der Waals surface area contributed by atoms with Gasteiger partial charge in [-0.25, -0.2) is 0 Å². The minimum atomic E-state index is 0.705. The maximum atomic E-state index is 9.88. The zero-order chi connectivity index (χ0) is 7.94. The van der Waals surface area contributed by atoms with Gasteiger partial charge >= 0.3 is 0 Å². The van der Waals surface area contributed by atoms with E-state index in [1.165, 1.54) is 32.1 Å². The number of hydrogen-bond donors (Lipinski definition) is 1. The average molecular weight is 153 g/mol. The number of amides is 1. The lowest BCUT2D eigenvalue weighted by molar-refractivity contribution is -0.108. The zero-order valence-corrected chi connectivity index (χ0v) is 6.75. The Balaban J connectivity index is 2.18. The van der Waals surface area contributed by atoms with Crippen LogP contribution in [-0.4, -0.2) is 6.41 Å². The summed E-state index contributed by atoms with van der Waals surface area (Å²) in [4.78, 5) is 9.88. The molecule has 0 bridgehead atoms. The van der Waals surface area contributed by atoms with Crippen molar-refractivity contribution in [3.05, 3.63) is 12.3 Å². The van der Waals surface area contributed by atoms with Gasteiger partial charge in [0.05, 0.1) is 0 Å². The molecule has 2 heteroatoms. The van der Waals surface area contributed by atoms with Gasteiger partial charge in [0, 0.05) is 0 Å². The van der Waals surface area contributed by atoms with Gasteiger partial charge < -0.3 is 5.32 Å². The predicted molar refractivity (Wildman–Crippen MR) is 44.9 cm³/mol. The lowest BCUT2D eigenvalue weighted by Gasteiger charge is -2.17. The molecule has 0 radical (unpaired) electrons. The van der Waals surface area contributed by atoms with Crippen molar-refractivity contribution >= 4 is 6.41 Å². The van der Waals surface area contributed by atoms with E-state index in [-0.39, 0.29) is 0 Å². The highest BCUT2D eigenvalue weighted by molar-refractivity contribution is 5.47. The third kappa shape index (κ3) is 3.21. The van der Waals surface area contributed by atoms with Crippen LogP contribution in [0, 0.1) is 5.92 Å². The quantitative estimate of drug-likeness (QED) is 0.616. The fraction of sp³-hybridized carbons (Fsp3) is 0.667. The van der Waals surface area contributed by atoms with Gasteiger partial charge in [0.25, 0.3) is 0 Å². The summed E-state index contributed by atoms with van der Waals surface area (Å²) < 4.78 is 0. The second-order valence-electron chi connectivity index (χ2n) is 3.04. The van der Waals surface area contributed by atoms with E-state index in [1.54, 1.807) is 6.20 Å². The second kappa shape index (κ2) is 4.94. The molecule has 11 heavy (non-hydrogen) atoms. The topological polar surface area (TPSA) is 29.1 Å². The summed E-state index contributed by atoms with van der Waals surface area (Å²) in [6, 6.07) is 0. The molecule has 1 aliphatic carbocycles. The van der Waals surface area contributed by atoms with E-state index in [4.69, 9.17) is 0 Å². The van der Waals surface area contributed by atoms with Crippen molar-refractivity contribution < 1.29 is 4.79 Å². The lowest BCUT2D eigenvalue weighted by Crippen LogP contribution is -2.05. The van der Waals surface area contributed by atoms with Crippen LogP contribution in [0.5, 0.6) is 0 Å². The Bertz CT molecular complexity index is 136. The van der Waals surface area contributed by atoms with Crippen molar-refractivity contribution in [2.45, 2.75) is 32.1 Å². The van der Waals surface area contributed by atoms with Gasteiger partial charge in [-0.05, 0) is 25.0 Å². The molecule has 0 aromatic rings. The van der Waals surface area contributed by atoms with E-state index in [0.717, 1.165) is 0 Å². The normalized spacial score (nSPS) is 20.4. The van der Waals surface area contributed by atoms with E-state index >= 15 is 0 Å². The molecule has 1 rings (SSSR count). The summed E-state index contributed by atoms with van der Waals surface area (Å²) in [5.74, 6) is 0.705. The number of carbonyl (C=O) groups excluding carboxylic acids is 1. The molecular weight excluding hydrogens is 138 g/mol. The van der Waals surface area contributed by atoms with Gasteiger partial charge in [-0.2, -0.15) is 0 Å². The summed E-state index contributed by atoms with van der Waals surface area (Å²) in [7, 11) is 0. The van der Waals surface area contributed by atoms with Crippen LogP contribution >= 0.6 is 0 Å². The van der Waals surface area contributed by atoms with E-state index < -0.39 is 0 Å². The van der Waals surface area contributed by atoms with Crippen molar-refractivity contribution in [3.63, 3.8) is 0 Å². The highest BCUT2D eigenvalue weighted by atomic mass is 16.1. The highest BCUT2D eigenvalue weighted by Crippen LogP contribution is 2.23. The van der Waals surface area contributed by atoms with Crippen LogP contribution in [0.4, 0.5) is 0 Å². The van der Waals surface area contributed by atoms with Crippen molar-refractivity contribution in [3.8, 4) is 0 Å². The third-order valence-electron chi connectivity index (χ3n) is 2.18. The van der Waals surface area contributed by atoms with Gasteiger partial charge in [-0.1, -0.05) is 25.3 Å². The smallest absolute Gasteiger partial charge is 0.211 e. The summed E-state index contributed by atoms with van der Waals surface area (Å²) >= 11 is 0. The molecule has 0 spiro atoms. The Morgan fingerprint density at radius 1 is 1.18 bits per heavy atom. The first-order valence-electron chi connectivity index (χ1n) is 4.30. The molecule has 62 valence electrons. The Labute approximate surface area is 67.7 Å². The summed E-state index contributed by atoms with van der Waals surface area (Å²) in [6.45, 7) is 0. The standard InChI is InChI=1S/C9H15NO/c11-8-10-7-6-9-4-2-1-3-5-9/h6-9H,1-5H2,(H,10,11)/b7-6+. The Morgan fingerprint density at radius 3 is 2.55 bits per heavy atom. The highest BCUT2D eigenvalue weighted by Gasteiger charge is 2.08. The van der Waals surface area contributed by atoms with Gasteiger partial charge in [0.15, 0.2) is 0 Å². The average Bonchev–Trinajstić information content (AvgIpc) is 2.07. The molecule has 0 heterocycles. The van der Waals surface area contributed by atoms with E-state index in [0.29, 0.717) is 12.3 Å². The largest absolute Gasteiger partial charge is 0.336 e. The minimum Gasteiger partial charge on any atom is -0.336 e. The van der Waals surface area contributed by atoms with Gasteiger partial charge in [0.2, 0.25) is 6.41 Å². The number of carbonyl (C=O) groups is 1. The van der Waals surface area contributed by atoms with Crippen molar-refractivity contribution in [2.75, 3.05) is 0 Å². The molecule has 1 fully saturated rings. The molecule has 2 nitrogen and oxygen atoms in total. The number of nitrogens with one attached hydrogen (secondary N) is 1. The second-order valence-corrected chi connectivity index (χ2v) is 3.04. The lowest BCUT2D eigenvalue weighted by atomic mass is 9.89. The number of hydrogen-bond acceptors (Lipinski definition) is 1. The molecule has 0 aromatic carbocycles. The van der Waals surface area contributed by atoms with Gasteiger partial charge in [0.1, 0.15) is 0 Å². The van der Waals surface area contributed by atoms with Crippen LogP contribution in [0.15, 0.2) is 12.3 Å². The van der Waals surface area contributed by atoms with Crippen LogP contribution in [0.3, 0.4) is 0 Å². The van der Waals surface area contributed by atoms with Crippen LogP contribution in [-0.2, 0) is 4.79 Å². The van der Waals surface area contributed by atoms with Crippen molar-refractivity contribution in [2.24, 2.45) is 5.92 Å². The summed E-state index contributed by atoms with van der Waals surface area (Å²) in [5.41, 5.74) is 0. The monoisotopic (exact) mass is 153 g/mol. The summed E-state index contributed by atoms with van der Waals surface area (Å²) in [5, 5.41) is 2.53. The molecule has 0 atom stereocenters. The van der Waals surface area contributed by atoms with Crippen LogP contribution < -0.4 is 5.32 Å². The third-order valence-corrected chi connectivity index (χ3v) is 2.18. The van der Waals surface area contributed by atoms with E-state index in [2.05, 4.69) is 11.4 Å². The van der Waals surface area contributed by atoms with E-state index in [9.17, 15) is 4.79 Å². The molecule has 0 saturated heterocycles. The zero-order valence-electron chi connectivity index (χ0n) is 6.75. The molecule has 1 amide bonds. The Morgan fingerprint density at radius 2 is 1.91 bits per heavy atom. The maximum absolute atomic E-state index is 9.88. The molecule has 0 aliphatic heterocycles. The Kier molecular flexibility index (Phi) is 3.73. The molecule has 0 unspecified atom stereocenters. The number of allylic oxidation sites excluding steroid dienone is 1. The Hall–Kier alpha value is -0.790. The molecule has 0 aromatic heterocycles.